The number of hydrogen-bond acceptors (Lipinski definition) is 3. The van der Waals surface area contributed by atoms with Crippen molar-refractivity contribution in [2.75, 3.05) is 18.0 Å². The van der Waals surface area contributed by atoms with Crippen LogP contribution in [-0.4, -0.2) is 24.4 Å². The number of halogens is 1. The first-order valence-corrected chi connectivity index (χ1v) is 5.94. The standard InChI is InChI=1S/C12H15ClN2O/c1-9-2-4-15(5-3-9)12-6-10(8-16)14-7-11(12)13/h6-9H,2-5H2,1H3. The van der Waals surface area contributed by atoms with Crippen LogP contribution in [0.25, 0.3) is 0 Å². The molecule has 0 unspecified atom stereocenters. The van der Waals surface area contributed by atoms with Gasteiger partial charge in [-0.05, 0) is 24.8 Å². The second-order valence-electron chi connectivity index (χ2n) is 4.35. The van der Waals surface area contributed by atoms with Crippen LogP contribution in [0.5, 0.6) is 0 Å². The lowest BCUT2D eigenvalue weighted by Gasteiger charge is -2.32. The Bertz CT molecular complexity index is 387. The smallest absolute Gasteiger partial charge is 0.168 e. The maximum Gasteiger partial charge on any atom is 0.168 e. The van der Waals surface area contributed by atoms with Crippen molar-refractivity contribution in [1.29, 1.82) is 0 Å². The van der Waals surface area contributed by atoms with Crippen LogP contribution in [-0.2, 0) is 0 Å². The number of carbonyl (C=O) groups excluding carboxylic acids is 1. The molecule has 0 amide bonds. The van der Waals surface area contributed by atoms with Gasteiger partial charge in [-0.2, -0.15) is 0 Å². The number of anilines is 1. The molecule has 2 heterocycles. The first-order valence-electron chi connectivity index (χ1n) is 5.56. The molecule has 0 spiro atoms. The van der Waals surface area contributed by atoms with E-state index in [4.69, 9.17) is 11.6 Å². The molecule has 0 radical (unpaired) electrons. The maximum absolute atomic E-state index is 10.7. The van der Waals surface area contributed by atoms with Gasteiger partial charge in [-0.3, -0.25) is 9.78 Å². The van der Waals surface area contributed by atoms with Crippen LogP contribution in [0, 0.1) is 5.92 Å². The van der Waals surface area contributed by atoms with Crippen molar-refractivity contribution in [2.24, 2.45) is 5.92 Å². The third-order valence-corrected chi connectivity index (χ3v) is 3.39. The summed E-state index contributed by atoms with van der Waals surface area (Å²) in [5, 5.41) is 0.625. The monoisotopic (exact) mass is 238 g/mol. The van der Waals surface area contributed by atoms with Crippen molar-refractivity contribution in [3.8, 4) is 0 Å². The molecule has 0 aliphatic carbocycles. The summed E-state index contributed by atoms with van der Waals surface area (Å²) in [6, 6.07) is 1.77. The molecule has 1 aliphatic heterocycles. The van der Waals surface area contributed by atoms with Crippen molar-refractivity contribution >= 4 is 23.6 Å². The molecule has 2 rings (SSSR count). The molecule has 1 aliphatic rings. The van der Waals surface area contributed by atoms with E-state index in [0.717, 1.165) is 31.0 Å². The summed E-state index contributed by atoms with van der Waals surface area (Å²) >= 11 is 6.10. The molecule has 0 saturated carbocycles. The van der Waals surface area contributed by atoms with Gasteiger partial charge in [-0.25, -0.2) is 0 Å². The van der Waals surface area contributed by atoms with Gasteiger partial charge < -0.3 is 4.90 Å². The maximum atomic E-state index is 10.7. The molecule has 86 valence electrons. The summed E-state index contributed by atoms with van der Waals surface area (Å²) in [6.07, 6.45) is 4.66. The van der Waals surface area contributed by atoms with E-state index in [-0.39, 0.29) is 0 Å². The first-order chi connectivity index (χ1) is 7.70. The minimum absolute atomic E-state index is 0.443. The third kappa shape index (κ3) is 2.35. The average molecular weight is 239 g/mol. The van der Waals surface area contributed by atoms with Gasteiger partial charge in [0.05, 0.1) is 10.7 Å². The van der Waals surface area contributed by atoms with Gasteiger partial charge in [0.15, 0.2) is 6.29 Å². The largest absolute Gasteiger partial charge is 0.370 e. The van der Waals surface area contributed by atoms with E-state index < -0.39 is 0 Å². The zero-order valence-corrected chi connectivity index (χ0v) is 10.1. The molecule has 0 atom stereocenters. The number of pyridine rings is 1. The molecule has 16 heavy (non-hydrogen) atoms. The van der Waals surface area contributed by atoms with Crippen LogP contribution in [0.1, 0.15) is 30.3 Å². The molecule has 1 aromatic heterocycles. The average Bonchev–Trinajstić information content (AvgIpc) is 2.31. The molecular weight excluding hydrogens is 224 g/mol. The number of aromatic nitrogens is 1. The van der Waals surface area contributed by atoms with Gasteiger partial charge in [0.25, 0.3) is 0 Å². The molecule has 3 nitrogen and oxygen atoms in total. The van der Waals surface area contributed by atoms with Crippen molar-refractivity contribution in [2.45, 2.75) is 19.8 Å². The van der Waals surface area contributed by atoms with Crippen LogP contribution in [0.3, 0.4) is 0 Å². The fourth-order valence-electron chi connectivity index (χ4n) is 2.00. The van der Waals surface area contributed by atoms with E-state index in [2.05, 4.69) is 16.8 Å². The van der Waals surface area contributed by atoms with E-state index in [1.165, 1.54) is 12.8 Å². The first kappa shape index (κ1) is 11.4. The van der Waals surface area contributed by atoms with E-state index in [1.54, 1.807) is 12.3 Å². The van der Waals surface area contributed by atoms with Gasteiger partial charge in [0, 0.05) is 19.3 Å². The number of rotatable bonds is 2. The molecule has 1 fully saturated rings. The van der Waals surface area contributed by atoms with E-state index in [1.807, 2.05) is 0 Å². The van der Waals surface area contributed by atoms with Crippen LogP contribution in [0.2, 0.25) is 5.02 Å². The molecule has 0 bridgehead atoms. The van der Waals surface area contributed by atoms with E-state index in [0.29, 0.717) is 10.7 Å². The number of carbonyl (C=O) groups is 1. The Labute approximate surface area is 100 Å². The minimum atomic E-state index is 0.443. The number of piperidine rings is 1. The number of hydrogen-bond donors (Lipinski definition) is 0. The van der Waals surface area contributed by atoms with Crippen LogP contribution < -0.4 is 4.90 Å². The zero-order valence-electron chi connectivity index (χ0n) is 9.32. The van der Waals surface area contributed by atoms with Crippen molar-refractivity contribution < 1.29 is 4.79 Å². The Morgan fingerprint density at radius 2 is 2.19 bits per heavy atom. The Hall–Kier alpha value is -1.09. The highest BCUT2D eigenvalue weighted by Crippen LogP contribution is 2.29. The Balaban J connectivity index is 2.22. The summed E-state index contributed by atoms with van der Waals surface area (Å²) < 4.78 is 0. The fraction of sp³-hybridized carbons (Fsp3) is 0.500. The lowest BCUT2D eigenvalue weighted by atomic mass is 9.99. The predicted octanol–water partition coefficient (Wildman–Crippen LogP) is 2.78. The van der Waals surface area contributed by atoms with Gasteiger partial charge in [0.1, 0.15) is 5.69 Å². The number of nitrogens with zero attached hydrogens (tertiary/aromatic N) is 2. The summed E-state index contributed by atoms with van der Waals surface area (Å²) in [6.45, 7) is 4.27. The number of aldehydes is 1. The quantitative estimate of drug-likeness (QED) is 0.743. The normalized spacial score (nSPS) is 17.5. The van der Waals surface area contributed by atoms with Crippen LogP contribution in [0.15, 0.2) is 12.3 Å². The molecule has 0 N–H and O–H groups in total. The van der Waals surface area contributed by atoms with Crippen LogP contribution >= 0.6 is 11.6 Å². The highest BCUT2D eigenvalue weighted by atomic mass is 35.5. The lowest BCUT2D eigenvalue weighted by Crippen LogP contribution is -2.33. The highest BCUT2D eigenvalue weighted by Gasteiger charge is 2.18. The Morgan fingerprint density at radius 1 is 1.50 bits per heavy atom. The molecular formula is C12H15ClN2O. The van der Waals surface area contributed by atoms with Gasteiger partial charge in [-0.1, -0.05) is 18.5 Å². The second-order valence-corrected chi connectivity index (χ2v) is 4.76. The molecule has 4 heteroatoms. The summed E-state index contributed by atoms with van der Waals surface area (Å²) in [5.41, 5.74) is 1.38. The van der Waals surface area contributed by atoms with Gasteiger partial charge >= 0.3 is 0 Å². The van der Waals surface area contributed by atoms with Gasteiger partial charge in [0.2, 0.25) is 0 Å². The van der Waals surface area contributed by atoms with Crippen molar-refractivity contribution in [3.63, 3.8) is 0 Å². The second kappa shape index (κ2) is 4.83. The van der Waals surface area contributed by atoms with E-state index in [9.17, 15) is 4.79 Å². The van der Waals surface area contributed by atoms with Crippen molar-refractivity contribution in [3.05, 3.63) is 23.0 Å². The van der Waals surface area contributed by atoms with E-state index >= 15 is 0 Å². The zero-order chi connectivity index (χ0) is 11.5. The highest BCUT2D eigenvalue weighted by molar-refractivity contribution is 6.33. The van der Waals surface area contributed by atoms with Gasteiger partial charge in [-0.15, -0.1) is 0 Å². The lowest BCUT2D eigenvalue weighted by molar-refractivity contribution is 0.111. The Morgan fingerprint density at radius 3 is 2.81 bits per heavy atom. The fourth-order valence-corrected chi connectivity index (χ4v) is 2.22. The Kier molecular flexibility index (Phi) is 3.44. The molecule has 0 aromatic carbocycles. The van der Waals surface area contributed by atoms with Crippen LogP contribution in [0.4, 0.5) is 5.69 Å². The third-order valence-electron chi connectivity index (χ3n) is 3.10. The summed E-state index contributed by atoms with van der Waals surface area (Å²) in [7, 11) is 0. The molecule has 1 saturated heterocycles. The molecule has 1 aromatic rings. The topological polar surface area (TPSA) is 33.2 Å². The predicted molar refractivity (Wildman–Crippen MR) is 65.2 cm³/mol. The minimum Gasteiger partial charge on any atom is -0.370 e. The van der Waals surface area contributed by atoms with Crippen molar-refractivity contribution in [1.82, 2.24) is 4.98 Å². The summed E-state index contributed by atoms with van der Waals surface area (Å²) in [4.78, 5) is 16.9. The summed E-state index contributed by atoms with van der Waals surface area (Å²) in [5.74, 6) is 0.780. The SMILES string of the molecule is CC1CCN(c2cc(C=O)ncc2Cl)CC1.